The lowest BCUT2D eigenvalue weighted by atomic mass is 10.0. The molecule has 1 aromatic carbocycles. The van der Waals surface area contributed by atoms with Gasteiger partial charge in [0.1, 0.15) is 5.75 Å². The zero-order chi connectivity index (χ0) is 13.3. The molecule has 0 radical (unpaired) electrons. The Morgan fingerprint density at radius 1 is 1.56 bits per heavy atom. The van der Waals surface area contributed by atoms with Crippen LogP contribution in [0.5, 0.6) is 5.75 Å². The second-order valence-electron chi connectivity index (χ2n) is 4.99. The van der Waals surface area contributed by atoms with E-state index in [9.17, 15) is 9.90 Å². The van der Waals surface area contributed by atoms with Crippen LogP contribution in [-0.2, 0) is 0 Å². The van der Waals surface area contributed by atoms with E-state index in [1.165, 1.54) is 0 Å². The Labute approximate surface area is 112 Å². The molecule has 1 aliphatic rings. The van der Waals surface area contributed by atoms with Crippen molar-refractivity contribution >= 4 is 17.5 Å². The van der Waals surface area contributed by atoms with Crippen molar-refractivity contribution in [2.45, 2.75) is 26.3 Å². The number of aryl methyl sites for hydroxylation is 1. The van der Waals surface area contributed by atoms with Crippen molar-refractivity contribution in [3.8, 4) is 5.75 Å². The van der Waals surface area contributed by atoms with Gasteiger partial charge in [0, 0.05) is 24.0 Å². The van der Waals surface area contributed by atoms with Crippen LogP contribution in [0, 0.1) is 12.8 Å². The third-order valence-electron chi connectivity index (χ3n) is 3.74. The molecule has 1 N–H and O–H groups in total. The maximum Gasteiger partial charge on any atom is 0.254 e. The predicted octanol–water partition coefficient (Wildman–Crippen LogP) is 2.79. The number of phenols is 1. The molecule has 0 aliphatic carbocycles. The molecular formula is C14H18ClNO2. The van der Waals surface area contributed by atoms with Crippen LogP contribution in [0.15, 0.2) is 18.2 Å². The van der Waals surface area contributed by atoms with Gasteiger partial charge in [-0.3, -0.25) is 4.79 Å². The van der Waals surface area contributed by atoms with Gasteiger partial charge >= 0.3 is 0 Å². The van der Waals surface area contributed by atoms with Crippen LogP contribution < -0.4 is 0 Å². The van der Waals surface area contributed by atoms with Crippen molar-refractivity contribution in [3.63, 3.8) is 0 Å². The fourth-order valence-corrected chi connectivity index (χ4v) is 3.01. The van der Waals surface area contributed by atoms with E-state index in [0.717, 1.165) is 18.5 Å². The average Bonchev–Trinajstić information content (AvgIpc) is 2.69. The van der Waals surface area contributed by atoms with E-state index >= 15 is 0 Å². The number of carbonyl (C=O) groups excluding carboxylic acids is 1. The first-order chi connectivity index (χ1) is 8.54. The highest BCUT2D eigenvalue weighted by atomic mass is 35.5. The van der Waals surface area contributed by atoms with E-state index in [4.69, 9.17) is 11.6 Å². The van der Waals surface area contributed by atoms with Crippen LogP contribution in [0.2, 0.25) is 0 Å². The molecule has 0 saturated carbocycles. The van der Waals surface area contributed by atoms with E-state index in [2.05, 4.69) is 6.92 Å². The second kappa shape index (κ2) is 5.19. The summed E-state index contributed by atoms with van der Waals surface area (Å²) in [6, 6.07) is 4.96. The fraction of sp³-hybridized carbons (Fsp3) is 0.500. The first-order valence-corrected chi connectivity index (χ1v) is 6.74. The van der Waals surface area contributed by atoms with E-state index in [1.54, 1.807) is 18.2 Å². The summed E-state index contributed by atoms with van der Waals surface area (Å²) in [7, 11) is 0. The molecule has 0 bridgehead atoms. The molecule has 1 saturated heterocycles. The van der Waals surface area contributed by atoms with Crippen molar-refractivity contribution in [1.82, 2.24) is 4.90 Å². The van der Waals surface area contributed by atoms with Crippen LogP contribution in [0.4, 0.5) is 0 Å². The first-order valence-electron chi connectivity index (χ1n) is 6.21. The summed E-state index contributed by atoms with van der Waals surface area (Å²) in [5.41, 5.74) is 1.45. The van der Waals surface area contributed by atoms with Gasteiger partial charge in [-0.1, -0.05) is 6.92 Å². The largest absolute Gasteiger partial charge is 0.508 e. The molecule has 1 aliphatic heterocycles. The standard InChI is InChI=1S/C14H18ClNO2/c1-9-5-6-16(13(9)8-15)14(18)12-4-3-11(17)7-10(12)2/h3-4,7,9,13,17H,5-6,8H2,1-2H3. The van der Waals surface area contributed by atoms with Crippen molar-refractivity contribution in [2.75, 3.05) is 12.4 Å². The van der Waals surface area contributed by atoms with Gasteiger partial charge in [-0.25, -0.2) is 0 Å². The van der Waals surface area contributed by atoms with Crippen LogP contribution in [0.3, 0.4) is 0 Å². The summed E-state index contributed by atoms with van der Waals surface area (Å²) in [6.07, 6.45) is 1.00. The van der Waals surface area contributed by atoms with Crippen molar-refractivity contribution < 1.29 is 9.90 Å². The SMILES string of the molecule is Cc1cc(O)ccc1C(=O)N1CCC(C)C1CCl. The van der Waals surface area contributed by atoms with Gasteiger partial charge in [0.05, 0.1) is 0 Å². The van der Waals surface area contributed by atoms with E-state index in [1.807, 2.05) is 11.8 Å². The van der Waals surface area contributed by atoms with Gasteiger partial charge in [0.25, 0.3) is 5.91 Å². The number of hydrogen-bond acceptors (Lipinski definition) is 2. The minimum absolute atomic E-state index is 0.0162. The topological polar surface area (TPSA) is 40.5 Å². The van der Waals surface area contributed by atoms with Gasteiger partial charge < -0.3 is 10.0 Å². The number of nitrogens with zero attached hydrogens (tertiary/aromatic N) is 1. The van der Waals surface area contributed by atoms with E-state index < -0.39 is 0 Å². The lowest BCUT2D eigenvalue weighted by Gasteiger charge is -2.25. The average molecular weight is 268 g/mol. The molecule has 1 amide bonds. The quantitative estimate of drug-likeness (QED) is 0.837. The molecule has 0 spiro atoms. The normalized spacial score (nSPS) is 23.4. The highest BCUT2D eigenvalue weighted by molar-refractivity contribution is 6.18. The highest BCUT2D eigenvalue weighted by Crippen LogP contribution is 2.27. The first kappa shape index (κ1) is 13.2. The minimum atomic E-state index is 0.0162. The molecule has 2 unspecified atom stereocenters. The molecule has 3 nitrogen and oxygen atoms in total. The summed E-state index contributed by atoms with van der Waals surface area (Å²) < 4.78 is 0. The number of halogens is 1. The summed E-state index contributed by atoms with van der Waals surface area (Å²) in [5, 5.41) is 9.38. The molecule has 1 heterocycles. The Bertz CT molecular complexity index is 461. The number of likely N-dealkylation sites (tertiary alicyclic amines) is 1. The van der Waals surface area contributed by atoms with E-state index in [-0.39, 0.29) is 17.7 Å². The van der Waals surface area contributed by atoms with Crippen LogP contribution in [0.1, 0.15) is 29.3 Å². The van der Waals surface area contributed by atoms with Crippen molar-refractivity contribution in [1.29, 1.82) is 0 Å². The fourth-order valence-electron chi connectivity index (χ4n) is 2.54. The molecular weight excluding hydrogens is 250 g/mol. The number of carbonyl (C=O) groups is 1. The Balaban J connectivity index is 2.26. The van der Waals surface area contributed by atoms with Crippen LogP contribution in [0.25, 0.3) is 0 Å². The number of amides is 1. The molecule has 18 heavy (non-hydrogen) atoms. The number of aromatic hydroxyl groups is 1. The molecule has 0 aromatic heterocycles. The number of hydrogen-bond donors (Lipinski definition) is 1. The summed E-state index contributed by atoms with van der Waals surface area (Å²) in [5.74, 6) is 1.13. The Morgan fingerprint density at radius 3 is 2.89 bits per heavy atom. The highest BCUT2D eigenvalue weighted by Gasteiger charge is 2.34. The molecule has 1 aromatic rings. The summed E-state index contributed by atoms with van der Waals surface area (Å²) in [6.45, 7) is 4.73. The van der Waals surface area contributed by atoms with Crippen molar-refractivity contribution in [2.24, 2.45) is 5.92 Å². The monoisotopic (exact) mass is 267 g/mol. The maximum absolute atomic E-state index is 12.5. The zero-order valence-corrected chi connectivity index (χ0v) is 11.4. The Hall–Kier alpha value is -1.22. The number of rotatable bonds is 2. The maximum atomic E-state index is 12.5. The molecule has 1 fully saturated rings. The lowest BCUT2D eigenvalue weighted by Crippen LogP contribution is -2.38. The lowest BCUT2D eigenvalue weighted by molar-refractivity contribution is 0.0736. The van der Waals surface area contributed by atoms with Gasteiger partial charge in [-0.15, -0.1) is 11.6 Å². The van der Waals surface area contributed by atoms with Gasteiger partial charge in [0.15, 0.2) is 0 Å². The molecule has 2 rings (SSSR count). The number of benzene rings is 1. The number of alkyl halides is 1. The third-order valence-corrected chi connectivity index (χ3v) is 4.06. The molecule has 98 valence electrons. The van der Waals surface area contributed by atoms with Crippen LogP contribution >= 0.6 is 11.6 Å². The molecule has 2 atom stereocenters. The van der Waals surface area contributed by atoms with Crippen LogP contribution in [-0.4, -0.2) is 34.4 Å². The smallest absolute Gasteiger partial charge is 0.254 e. The summed E-state index contributed by atoms with van der Waals surface area (Å²) >= 11 is 5.96. The Kier molecular flexibility index (Phi) is 3.81. The second-order valence-corrected chi connectivity index (χ2v) is 5.29. The zero-order valence-electron chi connectivity index (χ0n) is 10.7. The van der Waals surface area contributed by atoms with E-state index in [0.29, 0.717) is 17.4 Å². The van der Waals surface area contributed by atoms with Gasteiger partial charge in [-0.2, -0.15) is 0 Å². The number of phenolic OH excluding ortho intramolecular Hbond substituents is 1. The molecule has 4 heteroatoms. The Morgan fingerprint density at radius 2 is 2.28 bits per heavy atom. The van der Waals surface area contributed by atoms with Gasteiger partial charge in [-0.05, 0) is 43.0 Å². The predicted molar refractivity (Wildman–Crippen MR) is 72.2 cm³/mol. The minimum Gasteiger partial charge on any atom is -0.508 e. The third kappa shape index (κ3) is 2.32. The van der Waals surface area contributed by atoms with Gasteiger partial charge in [0.2, 0.25) is 0 Å². The summed E-state index contributed by atoms with van der Waals surface area (Å²) in [4.78, 5) is 14.3. The van der Waals surface area contributed by atoms with Crippen molar-refractivity contribution in [3.05, 3.63) is 29.3 Å².